The Bertz CT molecular complexity index is 996. The molecule has 0 atom stereocenters. The summed E-state index contributed by atoms with van der Waals surface area (Å²) in [5.74, 6) is -0.566. The molecule has 0 bridgehead atoms. The third kappa shape index (κ3) is 3.62. The second kappa shape index (κ2) is 7.36. The molecule has 0 saturated carbocycles. The van der Waals surface area contributed by atoms with Crippen molar-refractivity contribution in [2.45, 2.75) is 6.54 Å². The van der Waals surface area contributed by atoms with Crippen molar-refractivity contribution in [3.8, 4) is 17.5 Å². The van der Waals surface area contributed by atoms with Crippen LogP contribution in [0.4, 0.5) is 5.69 Å². The Labute approximate surface area is 149 Å². The van der Waals surface area contributed by atoms with Crippen LogP contribution in [0, 0.1) is 11.3 Å². The Morgan fingerprint density at radius 3 is 2.73 bits per heavy atom. The van der Waals surface area contributed by atoms with E-state index in [4.69, 9.17) is 9.68 Å². The molecule has 0 fully saturated rings. The number of furan rings is 1. The number of nitriles is 1. The summed E-state index contributed by atoms with van der Waals surface area (Å²) in [5.41, 5.74) is 1.36. The lowest BCUT2D eigenvalue weighted by atomic mass is 10.2. The van der Waals surface area contributed by atoms with Gasteiger partial charge in [0.05, 0.1) is 17.8 Å². The fraction of sp³-hybridized carbons (Fsp3) is 0.111. The first-order valence-corrected chi connectivity index (χ1v) is 7.74. The van der Waals surface area contributed by atoms with Gasteiger partial charge in [-0.15, -0.1) is 0 Å². The van der Waals surface area contributed by atoms with Crippen molar-refractivity contribution in [2.75, 3.05) is 5.32 Å². The van der Waals surface area contributed by atoms with Gasteiger partial charge in [0.15, 0.2) is 5.76 Å². The molecule has 2 amide bonds. The lowest BCUT2D eigenvalue weighted by Gasteiger charge is -2.06. The number of aromatic nitrogens is 2. The number of carbonyl (C=O) groups is 2. The maximum atomic E-state index is 12.0. The molecule has 0 unspecified atom stereocenters. The standard InChI is InChI=1S/C18H15N5O3/c1-23-15(8-9-21-23)16-7-6-13(26-16)11-20-17(24)18(25)22-14-5-3-2-4-12(14)10-19/h2-9H,11H2,1H3,(H,20,24)(H,22,25). The highest BCUT2D eigenvalue weighted by atomic mass is 16.3. The van der Waals surface area contributed by atoms with Crippen LogP contribution in [0.5, 0.6) is 0 Å². The molecule has 2 heterocycles. The number of nitrogens with zero attached hydrogens (tertiary/aromatic N) is 3. The zero-order valence-electron chi connectivity index (χ0n) is 13.9. The summed E-state index contributed by atoms with van der Waals surface area (Å²) in [6.45, 7) is 0.0595. The molecule has 0 spiro atoms. The molecule has 3 aromatic rings. The van der Waals surface area contributed by atoms with Gasteiger partial charge in [-0.1, -0.05) is 12.1 Å². The highest BCUT2D eigenvalue weighted by molar-refractivity contribution is 6.39. The largest absolute Gasteiger partial charge is 0.458 e. The topological polar surface area (TPSA) is 113 Å². The van der Waals surface area contributed by atoms with Gasteiger partial charge in [0.25, 0.3) is 0 Å². The van der Waals surface area contributed by atoms with Crippen molar-refractivity contribution >= 4 is 17.5 Å². The fourth-order valence-electron chi connectivity index (χ4n) is 2.34. The number of benzene rings is 1. The van der Waals surface area contributed by atoms with Crippen LogP contribution in [0.3, 0.4) is 0 Å². The number of anilines is 1. The SMILES string of the molecule is Cn1nccc1-c1ccc(CNC(=O)C(=O)Nc2ccccc2C#N)o1. The van der Waals surface area contributed by atoms with E-state index >= 15 is 0 Å². The smallest absolute Gasteiger partial charge is 0.313 e. The summed E-state index contributed by atoms with van der Waals surface area (Å²) in [5, 5.41) is 18.0. The fourth-order valence-corrected chi connectivity index (χ4v) is 2.34. The van der Waals surface area contributed by atoms with Gasteiger partial charge >= 0.3 is 11.8 Å². The Kier molecular flexibility index (Phi) is 4.80. The number of carbonyl (C=O) groups excluding carboxylic acids is 2. The van der Waals surface area contributed by atoms with Crippen molar-refractivity contribution in [2.24, 2.45) is 7.05 Å². The molecule has 2 aromatic heterocycles. The van der Waals surface area contributed by atoms with Crippen LogP contribution >= 0.6 is 0 Å². The van der Waals surface area contributed by atoms with Gasteiger partial charge in [-0.3, -0.25) is 14.3 Å². The normalized spacial score (nSPS) is 10.2. The van der Waals surface area contributed by atoms with Gasteiger partial charge in [0.1, 0.15) is 17.5 Å². The minimum Gasteiger partial charge on any atom is -0.458 e. The molecule has 0 aliphatic rings. The van der Waals surface area contributed by atoms with Crippen molar-refractivity contribution in [1.29, 1.82) is 5.26 Å². The van der Waals surface area contributed by atoms with E-state index in [1.54, 1.807) is 60.4 Å². The van der Waals surface area contributed by atoms with E-state index in [1.807, 2.05) is 6.07 Å². The van der Waals surface area contributed by atoms with Crippen LogP contribution in [0.1, 0.15) is 11.3 Å². The van der Waals surface area contributed by atoms with Crippen LogP contribution in [0.25, 0.3) is 11.5 Å². The summed E-state index contributed by atoms with van der Waals surface area (Å²) in [6, 6.07) is 13.7. The van der Waals surface area contributed by atoms with Crippen molar-refractivity contribution in [3.05, 3.63) is 60.0 Å². The quantitative estimate of drug-likeness (QED) is 0.698. The number of para-hydroxylation sites is 1. The maximum absolute atomic E-state index is 12.0. The summed E-state index contributed by atoms with van der Waals surface area (Å²) in [4.78, 5) is 23.9. The van der Waals surface area contributed by atoms with Crippen LogP contribution in [-0.2, 0) is 23.2 Å². The molecule has 130 valence electrons. The number of hydrogen-bond acceptors (Lipinski definition) is 5. The molecule has 0 aliphatic heterocycles. The number of rotatable bonds is 4. The second-order valence-electron chi connectivity index (χ2n) is 5.40. The minimum atomic E-state index is -0.855. The number of nitrogens with one attached hydrogen (secondary N) is 2. The van der Waals surface area contributed by atoms with Crippen LogP contribution in [0.15, 0.2) is 53.1 Å². The third-order valence-corrected chi connectivity index (χ3v) is 3.66. The Hall–Kier alpha value is -3.86. The number of hydrogen-bond donors (Lipinski definition) is 2. The molecule has 0 aliphatic carbocycles. The van der Waals surface area contributed by atoms with Gasteiger partial charge in [-0.2, -0.15) is 10.4 Å². The third-order valence-electron chi connectivity index (χ3n) is 3.66. The number of amides is 2. The number of aryl methyl sites for hydroxylation is 1. The van der Waals surface area contributed by atoms with E-state index < -0.39 is 11.8 Å². The van der Waals surface area contributed by atoms with Gasteiger partial charge in [0, 0.05) is 13.2 Å². The molecule has 3 rings (SSSR count). The van der Waals surface area contributed by atoms with E-state index in [0.29, 0.717) is 11.5 Å². The van der Waals surface area contributed by atoms with Gasteiger partial charge in [-0.05, 0) is 30.3 Å². The molecule has 0 saturated heterocycles. The lowest BCUT2D eigenvalue weighted by molar-refractivity contribution is -0.136. The maximum Gasteiger partial charge on any atom is 0.313 e. The summed E-state index contributed by atoms with van der Waals surface area (Å²) < 4.78 is 7.31. The van der Waals surface area contributed by atoms with Crippen LogP contribution in [0.2, 0.25) is 0 Å². The molecule has 0 radical (unpaired) electrons. The highest BCUT2D eigenvalue weighted by Gasteiger charge is 2.16. The van der Waals surface area contributed by atoms with Gasteiger partial charge in [-0.25, -0.2) is 0 Å². The first-order valence-electron chi connectivity index (χ1n) is 7.74. The average Bonchev–Trinajstić information content (AvgIpc) is 3.28. The Morgan fingerprint density at radius 2 is 2.00 bits per heavy atom. The summed E-state index contributed by atoms with van der Waals surface area (Å²) in [6.07, 6.45) is 1.66. The molecule has 1 aromatic carbocycles. The highest BCUT2D eigenvalue weighted by Crippen LogP contribution is 2.21. The molecule has 8 heteroatoms. The van der Waals surface area contributed by atoms with E-state index in [0.717, 1.165) is 5.69 Å². The van der Waals surface area contributed by atoms with Crippen molar-refractivity contribution in [1.82, 2.24) is 15.1 Å². The Morgan fingerprint density at radius 1 is 1.19 bits per heavy atom. The van der Waals surface area contributed by atoms with E-state index in [9.17, 15) is 9.59 Å². The monoisotopic (exact) mass is 349 g/mol. The zero-order chi connectivity index (χ0) is 18.5. The predicted octanol–water partition coefficient (Wildman–Crippen LogP) is 1.81. The molecular formula is C18H15N5O3. The summed E-state index contributed by atoms with van der Waals surface area (Å²) in [7, 11) is 1.79. The van der Waals surface area contributed by atoms with Gasteiger partial charge < -0.3 is 15.1 Å². The van der Waals surface area contributed by atoms with Gasteiger partial charge in [0.2, 0.25) is 0 Å². The molecule has 26 heavy (non-hydrogen) atoms. The van der Waals surface area contributed by atoms with E-state index in [-0.39, 0.29) is 17.8 Å². The van der Waals surface area contributed by atoms with Crippen LogP contribution < -0.4 is 10.6 Å². The minimum absolute atomic E-state index is 0.0595. The molecule has 8 nitrogen and oxygen atoms in total. The first kappa shape index (κ1) is 17.0. The van der Waals surface area contributed by atoms with Crippen molar-refractivity contribution in [3.63, 3.8) is 0 Å². The van der Waals surface area contributed by atoms with E-state index in [1.165, 1.54) is 0 Å². The Balaban J connectivity index is 1.59. The molecule has 2 N–H and O–H groups in total. The summed E-state index contributed by atoms with van der Waals surface area (Å²) >= 11 is 0. The van der Waals surface area contributed by atoms with Crippen LogP contribution in [-0.4, -0.2) is 21.6 Å². The first-order chi connectivity index (χ1) is 12.6. The molecular weight excluding hydrogens is 334 g/mol. The average molecular weight is 349 g/mol. The van der Waals surface area contributed by atoms with E-state index in [2.05, 4.69) is 15.7 Å². The second-order valence-corrected chi connectivity index (χ2v) is 5.40. The lowest BCUT2D eigenvalue weighted by Crippen LogP contribution is -2.35. The van der Waals surface area contributed by atoms with Crippen molar-refractivity contribution < 1.29 is 14.0 Å². The predicted molar refractivity (Wildman–Crippen MR) is 92.5 cm³/mol. The zero-order valence-corrected chi connectivity index (χ0v) is 13.9.